The first-order chi connectivity index (χ1) is 11.5. The largest absolute Gasteiger partial charge is 0.467 e. The molecule has 7 nitrogen and oxygen atoms in total. The van der Waals surface area contributed by atoms with Gasteiger partial charge in [0.25, 0.3) is 0 Å². The van der Waals surface area contributed by atoms with E-state index in [1.54, 1.807) is 6.08 Å². The van der Waals surface area contributed by atoms with Crippen LogP contribution in [0.15, 0.2) is 17.4 Å². The lowest BCUT2D eigenvalue weighted by Crippen LogP contribution is -2.38. The number of rotatable bonds is 4. The van der Waals surface area contributed by atoms with Crippen molar-refractivity contribution in [2.75, 3.05) is 7.11 Å². The Morgan fingerprint density at radius 3 is 2.25 bits per heavy atom. The lowest BCUT2D eigenvalue weighted by molar-refractivity contribution is 0.0688. The summed E-state index contributed by atoms with van der Waals surface area (Å²) in [6, 6.07) is -0.201. The van der Waals surface area contributed by atoms with Crippen molar-refractivity contribution in [2.45, 2.75) is 63.9 Å². The van der Waals surface area contributed by atoms with E-state index >= 15 is 0 Å². The highest BCUT2D eigenvalue weighted by atomic mass is 16.5. The smallest absolute Gasteiger partial charge is 0.363 e. The van der Waals surface area contributed by atoms with Gasteiger partial charge in [0.2, 0.25) is 5.91 Å². The number of ether oxygens (including phenoxy) is 2. The number of aromatic nitrogens is 3. The number of methoxy groups -OCH3 is 1. The monoisotopic (exact) mass is 335 g/mol. The van der Waals surface area contributed by atoms with Crippen LogP contribution in [0.1, 0.15) is 63.1 Å². The Balaban J connectivity index is 2.41. The van der Waals surface area contributed by atoms with Gasteiger partial charge in [-0.25, -0.2) is 4.79 Å². The summed E-state index contributed by atoms with van der Waals surface area (Å²) < 4.78 is 11.9. The van der Waals surface area contributed by atoms with Crippen molar-refractivity contribution < 1.29 is 14.3 Å². The molecule has 1 saturated carbocycles. The molecule has 0 bridgehead atoms. The van der Waals surface area contributed by atoms with Crippen molar-refractivity contribution in [3.63, 3.8) is 0 Å². The van der Waals surface area contributed by atoms with Crippen LogP contribution in [-0.4, -0.2) is 33.2 Å². The summed E-state index contributed by atoms with van der Waals surface area (Å²) in [5.41, 5.74) is -1.40. The zero-order valence-electron chi connectivity index (χ0n) is 14.4. The van der Waals surface area contributed by atoms with Crippen LogP contribution >= 0.6 is 0 Å². The lowest BCUT2D eigenvalue weighted by Gasteiger charge is -2.31. The molecule has 0 spiro atoms. The first-order valence-corrected chi connectivity index (χ1v) is 8.40. The summed E-state index contributed by atoms with van der Waals surface area (Å²) in [5.74, 6) is -0.500. The Hall–Kier alpha value is -2.18. The van der Waals surface area contributed by atoms with Gasteiger partial charge in [0.1, 0.15) is 5.60 Å². The van der Waals surface area contributed by atoms with Gasteiger partial charge in [-0.05, 0) is 31.8 Å². The molecule has 0 saturated heterocycles. The van der Waals surface area contributed by atoms with Crippen molar-refractivity contribution in [2.24, 2.45) is 0 Å². The van der Waals surface area contributed by atoms with E-state index in [-0.39, 0.29) is 12.0 Å². The Morgan fingerprint density at radius 2 is 1.75 bits per heavy atom. The minimum Gasteiger partial charge on any atom is -0.467 e. The van der Waals surface area contributed by atoms with E-state index in [4.69, 9.17) is 9.47 Å². The van der Waals surface area contributed by atoms with E-state index in [1.807, 2.05) is 0 Å². The zero-order valence-corrected chi connectivity index (χ0v) is 14.4. The van der Waals surface area contributed by atoms with E-state index in [9.17, 15) is 9.59 Å². The zero-order chi connectivity index (χ0) is 17.6. The van der Waals surface area contributed by atoms with Gasteiger partial charge in [0.15, 0.2) is 0 Å². The number of hydrogen-bond acceptors (Lipinski definition) is 6. The van der Waals surface area contributed by atoms with E-state index < -0.39 is 17.2 Å². The molecule has 132 valence electrons. The molecule has 1 aromatic rings. The molecule has 24 heavy (non-hydrogen) atoms. The Bertz CT molecular complexity index is 644. The number of nitrogens with zero attached hydrogens (tertiary/aromatic N) is 3. The third kappa shape index (κ3) is 4.21. The maximum Gasteiger partial charge on any atom is 0.363 e. The van der Waals surface area contributed by atoms with Crippen molar-refractivity contribution in [1.29, 1.82) is 0 Å². The van der Waals surface area contributed by atoms with Crippen LogP contribution in [0.3, 0.4) is 0 Å². The van der Waals surface area contributed by atoms with E-state index in [2.05, 4.69) is 16.5 Å². The minimum absolute atomic E-state index is 0.0847. The molecule has 0 N–H and O–H groups in total. The summed E-state index contributed by atoms with van der Waals surface area (Å²) in [5, 5.41) is 0. The molecule has 0 aliphatic heterocycles. The van der Waals surface area contributed by atoms with Gasteiger partial charge >= 0.3 is 17.7 Å². The Morgan fingerprint density at radius 1 is 1.17 bits per heavy atom. The summed E-state index contributed by atoms with van der Waals surface area (Å²) in [6.45, 7) is 5.19. The van der Waals surface area contributed by atoms with Crippen LogP contribution in [0.25, 0.3) is 0 Å². The summed E-state index contributed by atoms with van der Waals surface area (Å²) in [6.07, 6.45) is 10.00. The third-order valence-corrected chi connectivity index (χ3v) is 4.38. The van der Waals surface area contributed by atoms with Crippen LogP contribution in [0.2, 0.25) is 0 Å². The molecule has 0 unspecified atom stereocenters. The fraction of sp³-hybridized carbons (Fsp3) is 0.647. The number of hydrogen-bond donors (Lipinski definition) is 0. The van der Waals surface area contributed by atoms with Crippen molar-refractivity contribution >= 4 is 5.91 Å². The average Bonchev–Trinajstić information content (AvgIpc) is 2.66. The second kappa shape index (κ2) is 8.08. The highest BCUT2D eigenvalue weighted by Crippen LogP contribution is 2.31. The van der Waals surface area contributed by atoms with Gasteiger partial charge in [-0.3, -0.25) is 4.79 Å². The summed E-state index contributed by atoms with van der Waals surface area (Å²) in [7, 11) is 1.36. The van der Waals surface area contributed by atoms with Crippen molar-refractivity contribution in [3.05, 3.63) is 23.1 Å². The van der Waals surface area contributed by atoms with Gasteiger partial charge in [0.05, 0.1) is 7.11 Å². The lowest BCUT2D eigenvalue weighted by atomic mass is 9.91. The average molecular weight is 335 g/mol. The molecule has 0 radical (unpaired) electrons. The van der Waals surface area contributed by atoms with E-state index in [1.165, 1.54) is 26.9 Å². The number of carbonyl (C=O) groups is 1. The standard InChI is InChI=1S/C17H25N3O4/c1-4-17(11-9-7-5-6-8-10-12-17)24-16-19-14(23-3)18-15(22)20(16)13(2)21/h4H,1,5-12H2,2-3H3. The molecule has 1 aliphatic rings. The molecule has 0 atom stereocenters. The fourth-order valence-electron chi connectivity index (χ4n) is 3.01. The summed E-state index contributed by atoms with van der Waals surface area (Å²) >= 11 is 0. The molecule has 0 aromatic carbocycles. The second-order valence-electron chi connectivity index (χ2n) is 6.12. The Labute approximate surface area is 141 Å². The van der Waals surface area contributed by atoms with Crippen molar-refractivity contribution in [3.8, 4) is 12.0 Å². The maximum atomic E-state index is 12.1. The second-order valence-corrected chi connectivity index (χ2v) is 6.12. The summed E-state index contributed by atoms with van der Waals surface area (Å²) in [4.78, 5) is 31.6. The molecule has 7 heteroatoms. The highest BCUT2D eigenvalue weighted by molar-refractivity contribution is 5.76. The topological polar surface area (TPSA) is 83.3 Å². The third-order valence-electron chi connectivity index (χ3n) is 4.38. The van der Waals surface area contributed by atoms with Gasteiger partial charge in [0, 0.05) is 6.92 Å². The van der Waals surface area contributed by atoms with Gasteiger partial charge in [-0.1, -0.05) is 32.3 Å². The van der Waals surface area contributed by atoms with Crippen LogP contribution in [0.4, 0.5) is 0 Å². The van der Waals surface area contributed by atoms with Crippen LogP contribution in [-0.2, 0) is 0 Å². The number of carbonyl (C=O) groups excluding carboxylic acids is 1. The SMILES string of the molecule is C=CC1(Oc2nc(OC)nc(=O)n2C(C)=O)CCCCCCCC1. The predicted molar refractivity (Wildman–Crippen MR) is 89.6 cm³/mol. The minimum atomic E-state index is -0.758. The highest BCUT2D eigenvalue weighted by Gasteiger charge is 2.31. The first kappa shape index (κ1) is 18.2. The molecule has 1 fully saturated rings. The Kier molecular flexibility index (Phi) is 6.11. The molecule has 1 heterocycles. The van der Waals surface area contributed by atoms with Crippen LogP contribution in [0.5, 0.6) is 12.0 Å². The van der Waals surface area contributed by atoms with Crippen LogP contribution in [0, 0.1) is 0 Å². The van der Waals surface area contributed by atoms with Gasteiger partial charge < -0.3 is 9.47 Å². The van der Waals surface area contributed by atoms with Crippen LogP contribution < -0.4 is 15.2 Å². The maximum absolute atomic E-state index is 12.1. The first-order valence-electron chi connectivity index (χ1n) is 8.40. The van der Waals surface area contributed by atoms with E-state index in [0.29, 0.717) is 0 Å². The van der Waals surface area contributed by atoms with Gasteiger partial charge in [-0.15, -0.1) is 9.97 Å². The molecular formula is C17H25N3O4. The molecule has 1 aliphatic carbocycles. The fourth-order valence-corrected chi connectivity index (χ4v) is 3.01. The van der Waals surface area contributed by atoms with Gasteiger partial charge in [-0.2, -0.15) is 4.57 Å². The predicted octanol–water partition coefficient (Wildman–Crippen LogP) is 2.75. The quantitative estimate of drug-likeness (QED) is 0.787. The van der Waals surface area contributed by atoms with E-state index in [0.717, 1.165) is 43.1 Å². The molecule has 1 aromatic heterocycles. The normalized spacial score (nSPS) is 17.9. The molecule has 2 rings (SSSR count). The van der Waals surface area contributed by atoms with Crippen molar-refractivity contribution in [1.82, 2.24) is 14.5 Å². The molecule has 0 amide bonds. The molecular weight excluding hydrogens is 310 g/mol.